The maximum atomic E-state index is 12.9. The number of rotatable bonds is 8. The Bertz CT molecular complexity index is 836. The topological polar surface area (TPSA) is 75.7 Å². The van der Waals surface area contributed by atoms with Crippen LogP contribution in [0.4, 0.5) is 15.8 Å². The van der Waals surface area contributed by atoms with Gasteiger partial charge in [-0.05, 0) is 55.5 Å². The molecule has 0 saturated heterocycles. The lowest BCUT2D eigenvalue weighted by Crippen LogP contribution is -2.33. The molecule has 0 aliphatic heterocycles. The Kier molecular flexibility index (Phi) is 6.57. The number of hydrogen-bond acceptors (Lipinski definition) is 4. The van der Waals surface area contributed by atoms with Gasteiger partial charge in [0.25, 0.3) is 0 Å². The van der Waals surface area contributed by atoms with Crippen LogP contribution in [0.15, 0.2) is 48.5 Å². The largest absolute Gasteiger partial charge is 0.494 e. The van der Waals surface area contributed by atoms with Gasteiger partial charge in [-0.2, -0.15) is 0 Å². The van der Waals surface area contributed by atoms with Crippen molar-refractivity contribution in [1.82, 2.24) is 0 Å². The fourth-order valence-corrected chi connectivity index (χ4v) is 3.25. The highest BCUT2D eigenvalue weighted by molar-refractivity contribution is 7.92. The van der Waals surface area contributed by atoms with Crippen LogP contribution in [-0.2, 0) is 14.8 Å². The molecule has 0 radical (unpaired) electrons. The van der Waals surface area contributed by atoms with Gasteiger partial charge in [0.2, 0.25) is 15.9 Å². The summed E-state index contributed by atoms with van der Waals surface area (Å²) in [5, 5.41) is 2.61. The summed E-state index contributed by atoms with van der Waals surface area (Å²) in [5.74, 6) is -0.128. The van der Waals surface area contributed by atoms with E-state index in [-0.39, 0.29) is 18.9 Å². The summed E-state index contributed by atoms with van der Waals surface area (Å²) in [6, 6.07) is 12.0. The van der Waals surface area contributed by atoms with Crippen LogP contribution in [0, 0.1) is 5.82 Å². The number of nitrogens with one attached hydrogen (secondary N) is 1. The van der Waals surface area contributed by atoms with Gasteiger partial charge in [0.15, 0.2) is 0 Å². The standard InChI is InChI=1S/C18H21FN2O4S/c1-3-25-17-10-8-16(9-11-17)21(26(2,23)24)13-12-18(22)20-15-6-4-14(19)5-7-15/h4-11H,3,12-13H2,1-2H3,(H,20,22). The summed E-state index contributed by atoms with van der Waals surface area (Å²) in [6.07, 6.45) is 1.04. The SMILES string of the molecule is CCOc1ccc(N(CCC(=O)Nc2ccc(F)cc2)S(C)(=O)=O)cc1. The van der Waals surface area contributed by atoms with Gasteiger partial charge in [-0.1, -0.05) is 0 Å². The fourth-order valence-electron chi connectivity index (χ4n) is 2.32. The molecule has 8 heteroatoms. The van der Waals surface area contributed by atoms with Crippen molar-refractivity contribution >= 4 is 27.3 Å². The molecule has 2 aromatic rings. The first kappa shape index (κ1) is 19.7. The molecule has 0 spiro atoms. The molecule has 2 aromatic carbocycles. The monoisotopic (exact) mass is 380 g/mol. The van der Waals surface area contributed by atoms with E-state index in [0.29, 0.717) is 23.7 Å². The van der Waals surface area contributed by atoms with Crippen molar-refractivity contribution in [2.75, 3.05) is 29.0 Å². The summed E-state index contributed by atoms with van der Waals surface area (Å²) in [7, 11) is -3.55. The van der Waals surface area contributed by atoms with E-state index in [0.717, 1.165) is 10.6 Å². The summed E-state index contributed by atoms with van der Waals surface area (Å²) in [4.78, 5) is 12.1. The van der Waals surface area contributed by atoms with Gasteiger partial charge in [-0.25, -0.2) is 12.8 Å². The highest BCUT2D eigenvalue weighted by Gasteiger charge is 2.18. The Hall–Kier alpha value is -2.61. The van der Waals surface area contributed by atoms with Crippen molar-refractivity contribution in [3.05, 3.63) is 54.3 Å². The van der Waals surface area contributed by atoms with E-state index in [4.69, 9.17) is 4.74 Å². The predicted molar refractivity (Wildman–Crippen MR) is 99.4 cm³/mol. The van der Waals surface area contributed by atoms with Gasteiger partial charge < -0.3 is 10.1 Å². The first-order chi connectivity index (χ1) is 12.3. The molecule has 6 nitrogen and oxygen atoms in total. The van der Waals surface area contributed by atoms with Crippen LogP contribution in [-0.4, -0.2) is 33.7 Å². The van der Waals surface area contributed by atoms with Crippen molar-refractivity contribution in [3.8, 4) is 5.75 Å². The first-order valence-corrected chi connectivity index (χ1v) is 9.90. The highest BCUT2D eigenvalue weighted by atomic mass is 32.2. The molecule has 0 bridgehead atoms. The lowest BCUT2D eigenvalue weighted by atomic mass is 10.2. The van der Waals surface area contributed by atoms with Gasteiger partial charge in [0, 0.05) is 18.7 Å². The molecule has 0 fully saturated rings. The minimum atomic E-state index is -3.55. The molecule has 0 atom stereocenters. The fraction of sp³-hybridized carbons (Fsp3) is 0.278. The first-order valence-electron chi connectivity index (χ1n) is 8.05. The van der Waals surface area contributed by atoms with Crippen LogP contribution >= 0.6 is 0 Å². The lowest BCUT2D eigenvalue weighted by molar-refractivity contribution is -0.116. The van der Waals surface area contributed by atoms with Crippen molar-refractivity contribution in [3.63, 3.8) is 0 Å². The molecule has 1 N–H and O–H groups in total. The third-order valence-corrected chi connectivity index (χ3v) is 4.70. The molecule has 140 valence electrons. The number of sulfonamides is 1. The summed E-state index contributed by atoms with van der Waals surface area (Å²) >= 11 is 0. The molecule has 0 aliphatic carbocycles. The zero-order valence-electron chi connectivity index (χ0n) is 14.6. The van der Waals surface area contributed by atoms with Gasteiger partial charge >= 0.3 is 0 Å². The second-order valence-electron chi connectivity index (χ2n) is 5.57. The number of benzene rings is 2. The number of carbonyl (C=O) groups excluding carboxylic acids is 1. The average molecular weight is 380 g/mol. The molecule has 0 heterocycles. The van der Waals surface area contributed by atoms with Gasteiger partial charge in [0.05, 0.1) is 18.6 Å². The van der Waals surface area contributed by atoms with E-state index in [2.05, 4.69) is 5.32 Å². The van der Waals surface area contributed by atoms with Crippen molar-refractivity contribution in [1.29, 1.82) is 0 Å². The third kappa shape index (κ3) is 5.73. The van der Waals surface area contributed by atoms with E-state index in [1.165, 1.54) is 24.3 Å². The molecular weight excluding hydrogens is 359 g/mol. The molecule has 1 amide bonds. The van der Waals surface area contributed by atoms with Gasteiger partial charge in [-0.3, -0.25) is 9.10 Å². The Morgan fingerprint density at radius 1 is 1.12 bits per heavy atom. The second kappa shape index (κ2) is 8.66. The highest BCUT2D eigenvalue weighted by Crippen LogP contribution is 2.22. The quantitative estimate of drug-likeness (QED) is 0.764. The van der Waals surface area contributed by atoms with E-state index in [9.17, 15) is 17.6 Å². The van der Waals surface area contributed by atoms with E-state index < -0.39 is 15.8 Å². The summed E-state index contributed by atoms with van der Waals surface area (Å²) in [5.41, 5.74) is 0.897. The number of amides is 1. The Labute approximate surface area is 152 Å². The Morgan fingerprint density at radius 2 is 1.73 bits per heavy atom. The van der Waals surface area contributed by atoms with Crippen LogP contribution in [0.25, 0.3) is 0 Å². The number of nitrogens with zero attached hydrogens (tertiary/aromatic N) is 1. The number of hydrogen-bond donors (Lipinski definition) is 1. The van der Waals surface area contributed by atoms with Crippen LogP contribution in [0.2, 0.25) is 0 Å². The minimum Gasteiger partial charge on any atom is -0.494 e. The molecule has 26 heavy (non-hydrogen) atoms. The number of carbonyl (C=O) groups is 1. The van der Waals surface area contributed by atoms with Crippen LogP contribution in [0.1, 0.15) is 13.3 Å². The second-order valence-corrected chi connectivity index (χ2v) is 7.47. The molecule has 0 aromatic heterocycles. The predicted octanol–water partition coefficient (Wildman–Crippen LogP) is 3.02. The molecule has 0 saturated carbocycles. The lowest BCUT2D eigenvalue weighted by Gasteiger charge is -2.22. The molecule has 0 unspecified atom stereocenters. The third-order valence-electron chi connectivity index (χ3n) is 3.51. The van der Waals surface area contributed by atoms with Crippen LogP contribution in [0.5, 0.6) is 5.75 Å². The number of anilines is 2. The van der Waals surface area contributed by atoms with E-state index in [1.807, 2.05) is 6.92 Å². The zero-order chi connectivity index (χ0) is 19.2. The molecule has 0 aliphatic rings. The van der Waals surface area contributed by atoms with Crippen molar-refractivity contribution < 1.29 is 22.3 Å². The van der Waals surface area contributed by atoms with E-state index >= 15 is 0 Å². The maximum absolute atomic E-state index is 12.9. The average Bonchev–Trinajstić information content (AvgIpc) is 2.58. The maximum Gasteiger partial charge on any atom is 0.232 e. The molecular formula is C18H21FN2O4S. The normalized spacial score (nSPS) is 11.0. The Morgan fingerprint density at radius 3 is 2.27 bits per heavy atom. The van der Waals surface area contributed by atoms with Crippen LogP contribution < -0.4 is 14.4 Å². The minimum absolute atomic E-state index is 0.0140. The Balaban J connectivity index is 2.04. The summed E-state index contributed by atoms with van der Waals surface area (Å²) in [6.45, 7) is 2.36. The zero-order valence-corrected chi connectivity index (χ0v) is 15.4. The van der Waals surface area contributed by atoms with Crippen molar-refractivity contribution in [2.24, 2.45) is 0 Å². The number of halogens is 1. The van der Waals surface area contributed by atoms with Crippen LogP contribution in [0.3, 0.4) is 0 Å². The van der Waals surface area contributed by atoms with Gasteiger partial charge in [0.1, 0.15) is 11.6 Å². The molecule has 2 rings (SSSR count). The van der Waals surface area contributed by atoms with Gasteiger partial charge in [-0.15, -0.1) is 0 Å². The number of ether oxygens (including phenoxy) is 1. The van der Waals surface area contributed by atoms with Crippen molar-refractivity contribution in [2.45, 2.75) is 13.3 Å². The van der Waals surface area contributed by atoms with E-state index in [1.54, 1.807) is 24.3 Å². The smallest absolute Gasteiger partial charge is 0.232 e. The summed E-state index contributed by atoms with van der Waals surface area (Å²) < 4.78 is 43.5.